The highest BCUT2D eigenvalue weighted by Gasteiger charge is 2.18. The fourth-order valence-electron chi connectivity index (χ4n) is 2.17. The summed E-state index contributed by atoms with van der Waals surface area (Å²) in [5.41, 5.74) is 1.93. The second-order valence-corrected chi connectivity index (χ2v) is 4.84. The third-order valence-electron chi connectivity index (χ3n) is 3.34. The van der Waals surface area contributed by atoms with Gasteiger partial charge in [0, 0.05) is 19.4 Å². The number of nitrogens with one attached hydrogen (secondary N) is 1. The van der Waals surface area contributed by atoms with Gasteiger partial charge in [-0.15, -0.1) is 0 Å². The molecule has 2 N–H and O–H groups in total. The van der Waals surface area contributed by atoms with Gasteiger partial charge in [0.1, 0.15) is 11.6 Å². The number of amidine groups is 1. The van der Waals surface area contributed by atoms with Crippen molar-refractivity contribution in [2.45, 2.75) is 25.7 Å². The average molecular weight is 289 g/mol. The van der Waals surface area contributed by atoms with Gasteiger partial charge in [-0.25, -0.2) is 0 Å². The molecule has 1 aliphatic heterocycles. The van der Waals surface area contributed by atoms with Crippen molar-refractivity contribution in [1.82, 2.24) is 5.01 Å². The summed E-state index contributed by atoms with van der Waals surface area (Å²) in [6.45, 7) is 0.463. The van der Waals surface area contributed by atoms with Crippen LogP contribution in [0.2, 0.25) is 0 Å². The Morgan fingerprint density at radius 1 is 1.38 bits per heavy atom. The molecule has 0 spiro atoms. The van der Waals surface area contributed by atoms with E-state index in [1.807, 2.05) is 24.3 Å². The number of hydrogen-bond donors (Lipinski definition) is 2. The zero-order valence-corrected chi connectivity index (χ0v) is 12.0. The monoisotopic (exact) mass is 289 g/mol. The quantitative estimate of drug-likeness (QED) is 0.841. The van der Waals surface area contributed by atoms with Crippen LogP contribution in [0.3, 0.4) is 0 Å². The molecule has 1 aromatic carbocycles. The summed E-state index contributed by atoms with van der Waals surface area (Å²) in [5.74, 6) is 0.414. The van der Waals surface area contributed by atoms with Gasteiger partial charge in [0.25, 0.3) is 0 Å². The number of carboxylic acids is 1. The van der Waals surface area contributed by atoms with E-state index in [1.54, 1.807) is 12.1 Å². The molecule has 0 amide bonds. The summed E-state index contributed by atoms with van der Waals surface area (Å²) in [6, 6.07) is 7.66. The van der Waals surface area contributed by atoms with E-state index in [0.29, 0.717) is 25.2 Å². The number of methoxy groups -OCH3 is 1. The Hall–Kier alpha value is -2.37. The molecule has 1 aromatic rings. The molecule has 0 aliphatic carbocycles. The number of carbonyl (C=O) groups is 1. The van der Waals surface area contributed by atoms with Gasteiger partial charge in [-0.05, 0) is 42.7 Å². The largest absolute Gasteiger partial charge is 0.497 e. The van der Waals surface area contributed by atoms with E-state index < -0.39 is 5.97 Å². The van der Waals surface area contributed by atoms with Crippen LogP contribution >= 0.6 is 0 Å². The van der Waals surface area contributed by atoms with E-state index >= 15 is 0 Å². The fraction of sp³-hybridized carbons (Fsp3) is 0.400. The Morgan fingerprint density at radius 3 is 2.71 bits per heavy atom. The number of aliphatic carboxylic acids is 1. The van der Waals surface area contributed by atoms with Gasteiger partial charge in [-0.1, -0.05) is 0 Å². The number of carboxylic acid groups (broad SMARTS) is 1. The molecule has 0 fully saturated rings. The van der Waals surface area contributed by atoms with E-state index in [0.717, 1.165) is 23.4 Å². The third-order valence-corrected chi connectivity index (χ3v) is 3.34. The first-order valence-electron chi connectivity index (χ1n) is 6.89. The van der Waals surface area contributed by atoms with Gasteiger partial charge >= 0.3 is 5.97 Å². The number of ether oxygens (including phenoxy) is 1. The van der Waals surface area contributed by atoms with Crippen LogP contribution in [-0.4, -0.2) is 41.3 Å². The second-order valence-electron chi connectivity index (χ2n) is 4.84. The minimum Gasteiger partial charge on any atom is -0.497 e. The van der Waals surface area contributed by atoms with Crippen molar-refractivity contribution < 1.29 is 14.6 Å². The predicted octanol–water partition coefficient (Wildman–Crippen LogP) is 2.34. The fourth-order valence-corrected chi connectivity index (χ4v) is 2.17. The van der Waals surface area contributed by atoms with Crippen LogP contribution in [0.25, 0.3) is 0 Å². The van der Waals surface area contributed by atoms with Crippen molar-refractivity contribution in [2.75, 3.05) is 13.7 Å². The molecule has 0 atom stereocenters. The molecule has 6 heteroatoms. The Kier molecular flexibility index (Phi) is 4.92. The van der Waals surface area contributed by atoms with Crippen molar-refractivity contribution in [3.8, 4) is 5.75 Å². The first-order valence-corrected chi connectivity index (χ1v) is 6.89. The minimum absolute atomic E-state index is 0.0944. The lowest BCUT2D eigenvalue weighted by atomic mass is 10.0. The summed E-state index contributed by atoms with van der Waals surface area (Å²) in [5, 5.41) is 22.6. The molecule has 0 saturated carbocycles. The Bertz CT molecular complexity index is 552. The van der Waals surface area contributed by atoms with Crippen LogP contribution in [0.5, 0.6) is 5.75 Å². The molecule has 0 aromatic heterocycles. The van der Waals surface area contributed by atoms with Gasteiger partial charge in [-0.2, -0.15) is 5.10 Å². The lowest BCUT2D eigenvalue weighted by Gasteiger charge is -2.25. The second kappa shape index (κ2) is 6.88. The molecule has 0 radical (unpaired) electrons. The SMILES string of the molecule is COc1ccc(C2=NN(CCCC(=O)O)C(=N)CC2)cc1. The van der Waals surface area contributed by atoms with Crippen LogP contribution in [-0.2, 0) is 4.79 Å². The van der Waals surface area contributed by atoms with E-state index in [4.69, 9.17) is 15.3 Å². The van der Waals surface area contributed by atoms with Crippen molar-refractivity contribution in [3.63, 3.8) is 0 Å². The summed E-state index contributed by atoms with van der Waals surface area (Å²) in [7, 11) is 1.62. The summed E-state index contributed by atoms with van der Waals surface area (Å²) < 4.78 is 5.13. The molecule has 1 aliphatic rings. The molecule has 0 unspecified atom stereocenters. The molecule has 0 saturated heterocycles. The highest BCUT2D eigenvalue weighted by atomic mass is 16.5. The van der Waals surface area contributed by atoms with Crippen LogP contribution in [0.1, 0.15) is 31.2 Å². The topological polar surface area (TPSA) is 86.0 Å². The highest BCUT2D eigenvalue weighted by molar-refractivity contribution is 6.04. The molecular weight excluding hydrogens is 270 g/mol. The number of hydrazone groups is 1. The molecule has 6 nitrogen and oxygen atoms in total. The van der Waals surface area contributed by atoms with Crippen LogP contribution < -0.4 is 4.74 Å². The number of nitrogens with zero attached hydrogens (tertiary/aromatic N) is 2. The molecule has 2 rings (SSSR count). The molecule has 21 heavy (non-hydrogen) atoms. The van der Waals surface area contributed by atoms with Crippen molar-refractivity contribution >= 4 is 17.5 Å². The predicted molar refractivity (Wildman–Crippen MR) is 80.1 cm³/mol. The maximum Gasteiger partial charge on any atom is 0.303 e. The van der Waals surface area contributed by atoms with Crippen LogP contribution in [0, 0.1) is 5.41 Å². The highest BCUT2D eigenvalue weighted by Crippen LogP contribution is 2.18. The normalized spacial score (nSPS) is 14.8. The van der Waals surface area contributed by atoms with Gasteiger partial charge in [0.05, 0.1) is 12.8 Å². The summed E-state index contributed by atoms with van der Waals surface area (Å²) in [6.07, 6.45) is 1.92. The minimum atomic E-state index is -0.821. The standard InChI is InChI=1S/C15H19N3O3/c1-21-12-6-4-11(5-7-12)13-8-9-14(16)18(17-13)10-2-3-15(19)20/h4-7,16H,2-3,8-10H2,1H3,(H,19,20). The summed E-state index contributed by atoms with van der Waals surface area (Å²) in [4.78, 5) is 10.5. The first kappa shape index (κ1) is 15.0. The summed E-state index contributed by atoms with van der Waals surface area (Å²) >= 11 is 0. The lowest BCUT2D eigenvalue weighted by molar-refractivity contribution is -0.137. The number of hydrogen-bond acceptors (Lipinski definition) is 4. The van der Waals surface area contributed by atoms with E-state index in [9.17, 15) is 4.79 Å². The first-order chi connectivity index (χ1) is 10.1. The van der Waals surface area contributed by atoms with Gasteiger partial charge < -0.3 is 9.84 Å². The van der Waals surface area contributed by atoms with Crippen molar-refractivity contribution in [3.05, 3.63) is 29.8 Å². The Balaban J connectivity index is 2.07. The lowest BCUT2D eigenvalue weighted by Crippen LogP contribution is -2.32. The molecule has 0 bridgehead atoms. The maximum atomic E-state index is 10.5. The zero-order valence-electron chi connectivity index (χ0n) is 12.0. The molecular formula is C15H19N3O3. The smallest absolute Gasteiger partial charge is 0.303 e. The number of rotatable bonds is 6. The van der Waals surface area contributed by atoms with Crippen LogP contribution in [0.15, 0.2) is 29.4 Å². The van der Waals surface area contributed by atoms with Gasteiger partial charge in [-0.3, -0.25) is 15.2 Å². The Labute approximate surface area is 123 Å². The third kappa shape index (κ3) is 4.05. The van der Waals surface area contributed by atoms with E-state index in [1.165, 1.54) is 0 Å². The number of benzene rings is 1. The average Bonchev–Trinajstić information content (AvgIpc) is 2.49. The van der Waals surface area contributed by atoms with Crippen LogP contribution in [0.4, 0.5) is 0 Å². The van der Waals surface area contributed by atoms with E-state index in [-0.39, 0.29) is 6.42 Å². The van der Waals surface area contributed by atoms with E-state index in [2.05, 4.69) is 5.10 Å². The van der Waals surface area contributed by atoms with Gasteiger partial charge in [0.2, 0.25) is 0 Å². The molecule has 112 valence electrons. The van der Waals surface area contributed by atoms with Crippen molar-refractivity contribution in [2.24, 2.45) is 5.10 Å². The molecule has 1 heterocycles. The Morgan fingerprint density at radius 2 is 2.10 bits per heavy atom. The van der Waals surface area contributed by atoms with Gasteiger partial charge in [0.15, 0.2) is 0 Å². The van der Waals surface area contributed by atoms with Crippen molar-refractivity contribution in [1.29, 1.82) is 5.41 Å². The maximum absolute atomic E-state index is 10.5. The zero-order chi connectivity index (χ0) is 15.2.